The van der Waals surface area contributed by atoms with Crippen molar-refractivity contribution >= 4 is 21.6 Å². The minimum atomic E-state index is -3.76. The van der Waals surface area contributed by atoms with E-state index in [1.54, 1.807) is 24.3 Å². The highest BCUT2D eigenvalue weighted by molar-refractivity contribution is 7.92. The van der Waals surface area contributed by atoms with Crippen LogP contribution in [0.2, 0.25) is 0 Å². The topological polar surface area (TPSA) is 75.3 Å². The average molecular weight is 387 g/mol. The average Bonchev–Trinajstić information content (AvgIpc) is 2.92. The van der Waals surface area contributed by atoms with E-state index in [0.717, 1.165) is 31.2 Å². The first-order valence-electron chi connectivity index (χ1n) is 9.45. The number of para-hydroxylation sites is 1. The van der Waals surface area contributed by atoms with Crippen molar-refractivity contribution in [1.29, 1.82) is 0 Å². The lowest BCUT2D eigenvalue weighted by molar-refractivity contribution is 0.0933. The molecule has 1 fully saturated rings. The second-order valence-electron chi connectivity index (χ2n) is 7.11. The third kappa shape index (κ3) is 5.10. The summed E-state index contributed by atoms with van der Waals surface area (Å²) >= 11 is 0. The molecule has 0 unspecified atom stereocenters. The summed E-state index contributed by atoms with van der Waals surface area (Å²) in [5.74, 6) is -0.213. The normalized spacial score (nSPS) is 15.7. The zero-order valence-corrected chi connectivity index (χ0v) is 16.4. The fraction of sp³-hybridized carbons (Fsp3) is 0.381. The van der Waals surface area contributed by atoms with E-state index in [1.165, 1.54) is 25.0 Å². The quantitative estimate of drug-likeness (QED) is 0.755. The van der Waals surface area contributed by atoms with Crippen LogP contribution < -0.4 is 10.0 Å². The molecule has 0 saturated heterocycles. The van der Waals surface area contributed by atoms with Crippen molar-refractivity contribution in [1.82, 2.24) is 5.32 Å². The van der Waals surface area contributed by atoms with Crippen LogP contribution in [-0.4, -0.2) is 20.4 Å². The van der Waals surface area contributed by atoms with Gasteiger partial charge in [-0.15, -0.1) is 0 Å². The molecule has 1 aliphatic rings. The van der Waals surface area contributed by atoms with Crippen molar-refractivity contribution < 1.29 is 13.2 Å². The van der Waals surface area contributed by atoms with Gasteiger partial charge in [0.15, 0.2) is 0 Å². The molecule has 2 aromatic carbocycles. The van der Waals surface area contributed by atoms with Crippen molar-refractivity contribution in [3.63, 3.8) is 0 Å². The fourth-order valence-electron chi connectivity index (χ4n) is 3.39. The summed E-state index contributed by atoms with van der Waals surface area (Å²) in [4.78, 5) is 12.7. The molecule has 0 atom stereocenters. The third-order valence-corrected chi connectivity index (χ3v) is 6.35. The summed E-state index contributed by atoms with van der Waals surface area (Å²) in [7, 11) is -3.76. The predicted molar refractivity (Wildman–Crippen MR) is 107 cm³/mol. The Hall–Kier alpha value is -2.34. The molecule has 1 aliphatic carbocycles. The van der Waals surface area contributed by atoms with Gasteiger partial charge in [-0.3, -0.25) is 9.52 Å². The van der Waals surface area contributed by atoms with Crippen LogP contribution in [0.25, 0.3) is 0 Å². The van der Waals surface area contributed by atoms with Gasteiger partial charge in [0.05, 0.1) is 10.6 Å². The van der Waals surface area contributed by atoms with Crippen molar-refractivity contribution in [3.8, 4) is 0 Å². The highest BCUT2D eigenvalue weighted by Gasteiger charge is 2.19. The van der Waals surface area contributed by atoms with E-state index in [9.17, 15) is 13.2 Å². The fourth-order valence-corrected chi connectivity index (χ4v) is 4.56. The zero-order valence-electron chi connectivity index (χ0n) is 15.6. The van der Waals surface area contributed by atoms with Crippen molar-refractivity contribution in [2.45, 2.75) is 56.4 Å². The van der Waals surface area contributed by atoms with Gasteiger partial charge in [0.1, 0.15) is 0 Å². The summed E-state index contributed by atoms with van der Waals surface area (Å²) in [5, 5.41) is 3.06. The molecular weight excluding hydrogens is 360 g/mol. The van der Waals surface area contributed by atoms with Crippen LogP contribution in [0.15, 0.2) is 53.4 Å². The van der Waals surface area contributed by atoms with Crippen LogP contribution in [0.1, 0.15) is 54.4 Å². The van der Waals surface area contributed by atoms with Gasteiger partial charge in [0, 0.05) is 11.6 Å². The van der Waals surface area contributed by atoms with Crippen LogP contribution in [-0.2, 0) is 10.0 Å². The summed E-state index contributed by atoms with van der Waals surface area (Å²) in [6, 6.07) is 13.6. The Morgan fingerprint density at radius 3 is 2.37 bits per heavy atom. The Bertz CT molecular complexity index is 901. The molecule has 0 spiro atoms. The molecule has 27 heavy (non-hydrogen) atoms. The molecular formula is C21H26N2O3S. The van der Waals surface area contributed by atoms with Gasteiger partial charge in [-0.05, 0) is 49.6 Å². The molecule has 0 bridgehead atoms. The molecule has 0 heterocycles. The molecule has 2 aromatic rings. The Balaban J connectivity index is 1.76. The van der Waals surface area contributed by atoms with Crippen molar-refractivity contribution in [2.75, 3.05) is 4.72 Å². The SMILES string of the molecule is Cc1ccccc1NS(=O)(=O)c1cccc(C(=O)NC2CCCCCC2)c1. The lowest BCUT2D eigenvalue weighted by Gasteiger charge is -2.16. The molecule has 0 radical (unpaired) electrons. The molecule has 144 valence electrons. The highest BCUT2D eigenvalue weighted by Crippen LogP contribution is 2.21. The maximum Gasteiger partial charge on any atom is 0.261 e. The first-order valence-corrected chi connectivity index (χ1v) is 10.9. The van der Waals surface area contributed by atoms with E-state index in [0.29, 0.717) is 11.3 Å². The van der Waals surface area contributed by atoms with Gasteiger partial charge < -0.3 is 5.32 Å². The first kappa shape index (κ1) is 19.4. The molecule has 1 amide bonds. The number of carbonyl (C=O) groups is 1. The standard InChI is InChI=1S/C21H26N2O3S/c1-16-9-6-7-14-20(16)23-27(25,26)19-13-8-10-17(15-19)21(24)22-18-11-4-2-3-5-12-18/h6-10,13-15,18,23H,2-5,11-12H2,1H3,(H,22,24). The van der Waals surface area contributed by atoms with Gasteiger partial charge in [0.2, 0.25) is 0 Å². The Labute approximate surface area is 161 Å². The molecule has 2 N–H and O–H groups in total. The van der Waals surface area contributed by atoms with Crippen molar-refractivity contribution in [2.24, 2.45) is 0 Å². The van der Waals surface area contributed by atoms with E-state index in [-0.39, 0.29) is 16.8 Å². The lowest BCUT2D eigenvalue weighted by Crippen LogP contribution is -2.34. The third-order valence-electron chi connectivity index (χ3n) is 4.99. The highest BCUT2D eigenvalue weighted by atomic mass is 32.2. The summed E-state index contributed by atoms with van der Waals surface area (Å²) in [5.41, 5.74) is 1.74. The van der Waals surface area contributed by atoms with Gasteiger partial charge in [-0.25, -0.2) is 8.42 Å². The van der Waals surface area contributed by atoms with Crippen LogP contribution in [0, 0.1) is 6.92 Å². The molecule has 6 heteroatoms. The Morgan fingerprint density at radius 1 is 0.963 bits per heavy atom. The van der Waals surface area contributed by atoms with Crippen LogP contribution in [0.3, 0.4) is 0 Å². The number of hydrogen-bond donors (Lipinski definition) is 2. The van der Waals surface area contributed by atoms with E-state index in [4.69, 9.17) is 0 Å². The first-order chi connectivity index (χ1) is 13.0. The Morgan fingerprint density at radius 2 is 1.67 bits per heavy atom. The lowest BCUT2D eigenvalue weighted by atomic mass is 10.1. The smallest absolute Gasteiger partial charge is 0.261 e. The molecule has 1 saturated carbocycles. The zero-order chi connectivity index (χ0) is 19.3. The molecule has 3 rings (SSSR count). The summed E-state index contributed by atoms with van der Waals surface area (Å²) < 4.78 is 28.0. The number of amides is 1. The Kier molecular flexibility index (Phi) is 6.16. The van der Waals surface area contributed by atoms with Crippen LogP contribution in [0.5, 0.6) is 0 Å². The maximum atomic E-state index is 12.7. The predicted octanol–water partition coefficient (Wildman–Crippen LogP) is 4.25. The van der Waals surface area contributed by atoms with E-state index in [1.807, 2.05) is 19.1 Å². The maximum absolute atomic E-state index is 12.7. The summed E-state index contributed by atoms with van der Waals surface area (Å²) in [6.07, 6.45) is 6.64. The number of aryl methyl sites for hydroxylation is 1. The monoisotopic (exact) mass is 386 g/mol. The number of rotatable bonds is 5. The van der Waals surface area contributed by atoms with Crippen molar-refractivity contribution in [3.05, 3.63) is 59.7 Å². The van der Waals surface area contributed by atoms with Crippen LogP contribution in [0.4, 0.5) is 5.69 Å². The van der Waals surface area contributed by atoms with Gasteiger partial charge in [-0.1, -0.05) is 49.9 Å². The van der Waals surface area contributed by atoms with Gasteiger partial charge >= 0.3 is 0 Å². The van der Waals surface area contributed by atoms with E-state index >= 15 is 0 Å². The molecule has 5 nitrogen and oxygen atoms in total. The number of anilines is 1. The van der Waals surface area contributed by atoms with Crippen LogP contribution >= 0.6 is 0 Å². The minimum absolute atomic E-state index is 0.0827. The van der Waals surface area contributed by atoms with E-state index in [2.05, 4.69) is 10.0 Å². The number of hydrogen-bond acceptors (Lipinski definition) is 3. The number of sulfonamides is 1. The summed E-state index contributed by atoms with van der Waals surface area (Å²) in [6.45, 7) is 1.84. The second-order valence-corrected chi connectivity index (χ2v) is 8.79. The minimum Gasteiger partial charge on any atom is -0.349 e. The largest absolute Gasteiger partial charge is 0.349 e. The number of carbonyl (C=O) groups excluding carboxylic acids is 1. The molecule has 0 aromatic heterocycles. The number of benzene rings is 2. The van der Waals surface area contributed by atoms with Gasteiger partial charge in [-0.2, -0.15) is 0 Å². The van der Waals surface area contributed by atoms with E-state index < -0.39 is 10.0 Å². The molecule has 0 aliphatic heterocycles. The second kappa shape index (κ2) is 8.57. The number of nitrogens with one attached hydrogen (secondary N) is 2. The van der Waals surface area contributed by atoms with Gasteiger partial charge in [0.25, 0.3) is 15.9 Å².